The molecular weight excluding hydrogens is 322 g/mol. The molecule has 2 aromatic carbocycles. The van der Waals surface area contributed by atoms with Gasteiger partial charge >= 0.3 is 0 Å². The van der Waals surface area contributed by atoms with Gasteiger partial charge in [0.05, 0.1) is 21.9 Å². The topological polar surface area (TPSA) is 37.6 Å². The zero-order valence-corrected chi connectivity index (χ0v) is 15.7. The van der Waals surface area contributed by atoms with Gasteiger partial charge in [-0.3, -0.25) is 9.20 Å². The first-order valence-corrected chi connectivity index (χ1v) is 9.51. The summed E-state index contributed by atoms with van der Waals surface area (Å²) in [5, 5.41) is 1.63. The molecule has 4 aromatic rings. The van der Waals surface area contributed by atoms with Gasteiger partial charge in [-0.25, -0.2) is 4.98 Å². The Bertz CT molecular complexity index is 1130. The Hall–Kier alpha value is -2.46. The maximum absolute atomic E-state index is 13.3. The largest absolute Gasteiger partial charge is 0.304 e. The van der Waals surface area contributed by atoms with Crippen LogP contribution in [0.25, 0.3) is 27.3 Å². The van der Waals surface area contributed by atoms with E-state index < -0.39 is 0 Å². The molecule has 0 aliphatic carbocycles. The number of hydrogen-bond acceptors (Lipinski definition) is 3. The molecule has 0 aliphatic heterocycles. The van der Waals surface area contributed by atoms with Crippen LogP contribution in [-0.2, 0) is 6.42 Å². The van der Waals surface area contributed by atoms with Gasteiger partial charge in [0, 0.05) is 5.39 Å². The van der Waals surface area contributed by atoms with E-state index in [2.05, 4.69) is 46.3 Å². The number of imidazole rings is 1. The average molecular weight is 347 g/mol. The lowest BCUT2D eigenvalue weighted by Crippen LogP contribution is -2.24. The maximum atomic E-state index is 13.3. The Labute approximate surface area is 153 Å². The molecule has 2 aromatic heterocycles. The zero-order valence-electron chi connectivity index (χ0n) is 15.7. The van der Waals surface area contributed by atoms with E-state index in [4.69, 9.17) is 0 Å². The lowest BCUT2D eigenvalue weighted by atomic mass is 10.00. The highest BCUT2D eigenvalue weighted by Gasteiger charge is 2.16. The van der Waals surface area contributed by atoms with Gasteiger partial charge in [-0.05, 0) is 63.2 Å². The predicted molar refractivity (Wildman–Crippen MR) is 109 cm³/mol. The van der Waals surface area contributed by atoms with Crippen molar-refractivity contribution in [2.24, 2.45) is 0 Å². The van der Waals surface area contributed by atoms with Crippen LogP contribution in [0.1, 0.15) is 31.4 Å². The molecule has 0 radical (unpaired) electrons. The SMILES string of the molecule is CCN(CC)CCCc1ccc2ncn3c4ccc(C)cc4c(=O)c1c23. The van der Waals surface area contributed by atoms with E-state index in [1.165, 1.54) is 0 Å². The Morgan fingerprint density at radius 3 is 2.69 bits per heavy atom. The summed E-state index contributed by atoms with van der Waals surface area (Å²) in [7, 11) is 0. The molecule has 4 rings (SSSR count). The van der Waals surface area contributed by atoms with Gasteiger partial charge in [0.25, 0.3) is 0 Å². The lowest BCUT2D eigenvalue weighted by molar-refractivity contribution is 0.300. The zero-order chi connectivity index (χ0) is 18.3. The minimum atomic E-state index is 0.139. The summed E-state index contributed by atoms with van der Waals surface area (Å²) in [6, 6.07) is 10.2. The molecule has 0 aliphatic rings. The highest BCUT2D eigenvalue weighted by atomic mass is 16.1. The minimum absolute atomic E-state index is 0.139. The summed E-state index contributed by atoms with van der Waals surface area (Å²) < 4.78 is 2.08. The Morgan fingerprint density at radius 2 is 1.92 bits per heavy atom. The molecule has 0 N–H and O–H groups in total. The van der Waals surface area contributed by atoms with E-state index >= 15 is 0 Å². The number of aromatic nitrogens is 2. The van der Waals surface area contributed by atoms with Crippen LogP contribution in [0.4, 0.5) is 0 Å². The lowest BCUT2D eigenvalue weighted by Gasteiger charge is -2.18. The fourth-order valence-corrected chi connectivity index (χ4v) is 4.00. The summed E-state index contributed by atoms with van der Waals surface area (Å²) >= 11 is 0. The van der Waals surface area contributed by atoms with Gasteiger partial charge in [-0.2, -0.15) is 0 Å². The van der Waals surface area contributed by atoms with Crippen LogP contribution in [0.5, 0.6) is 0 Å². The molecule has 4 nitrogen and oxygen atoms in total. The second-order valence-corrected chi connectivity index (χ2v) is 7.06. The Balaban J connectivity index is 1.87. The van der Waals surface area contributed by atoms with E-state index in [9.17, 15) is 4.79 Å². The van der Waals surface area contributed by atoms with Crippen molar-refractivity contribution in [3.05, 3.63) is 58.0 Å². The molecule has 0 unspecified atom stereocenters. The van der Waals surface area contributed by atoms with Crippen LogP contribution < -0.4 is 5.43 Å². The van der Waals surface area contributed by atoms with E-state index in [1.807, 2.05) is 25.4 Å². The fraction of sp³-hybridized carbons (Fsp3) is 0.364. The fourth-order valence-electron chi connectivity index (χ4n) is 4.00. The Morgan fingerprint density at radius 1 is 1.12 bits per heavy atom. The van der Waals surface area contributed by atoms with Gasteiger partial charge in [0.15, 0.2) is 5.43 Å². The molecule has 134 valence electrons. The van der Waals surface area contributed by atoms with E-state index in [1.54, 1.807) is 0 Å². The third kappa shape index (κ3) is 2.65. The van der Waals surface area contributed by atoms with Crippen molar-refractivity contribution in [3.8, 4) is 0 Å². The van der Waals surface area contributed by atoms with Crippen molar-refractivity contribution in [2.75, 3.05) is 19.6 Å². The number of fused-ring (bicyclic) bond motifs is 2. The third-order valence-electron chi connectivity index (χ3n) is 5.49. The number of hydrogen-bond donors (Lipinski definition) is 0. The van der Waals surface area contributed by atoms with Crippen molar-refractivity contribution < 1.29 is 0 Å². The van der Waals surface area contributed by atoms with Crippen LogP contribution in [0, 0.1) is 6.92 Å². The van der Waals surface area contributed by atoms with Crippen LogP contribution in [0.15, 0.2) is 41.5 Å². The van der Waals surface area contributed by atoms with Crippen LogP contribution >= 0.6 is 0 Å². The van der Waals surface area contributed by atoms with Gasteiger partial charge < -0.3 is 4.90 Å². The highest BCUT2D eigenvalue weighted by Crippen LogP contribution is 2.26. The summed E-state index contributed by atoms with van der Waals surface area (Å²) in [4.78, 5) is 20.3. The van der Waals surface area contributed by atoms with E-state index in [-0.39, 0.29) is 5.43 Å². The first-order chi connectivity index (χ1) is 12.6. The number of nitrogens with zero attached hydrogens (tertiary/aromatic N) is 3. The van der Waals surface area contributed by atoms with Gasteiger partial charge in [0.1, 0.15) is 6.33 Å². The second kappa shape index (κ2) is 6.69. The number of rotatable bonds is 6. The molecule has 0 amide bonds. The summed E-state index contributed by atoms with van der Waals surface area (Å²) in [5.74, 6) is 0. The van der Waals surface area contributed by atoms with Crippen molar-refractivity contribution in [3.63, 3.8) is 0 Å². The van der Waals surface area contributed by atoms with Crippen molar-refractivity contribution in [1.82, 2.24) is 14.3 Å². The van der Waals surface area contributed by atoms with Crippen LogP contribution in [-0.4, -0.2) is 33.9 Å². The molecule has 0 fully saturated rings. The van der Waals surface area contributed by atoms with Crippen LogP contribution in [0.2, 0.25) is 0 Å². The molecular formula is C22H25N3O. The number of pyridine rings is 1. The predicted octanol–water partition coefficient (Wildman–Crippen LogP) is 4.02. The first kappa shape index (κ1) is 17.0. The molecule has 0 saturated carbocycles. The quantitative estimate of drug-likeness (QED) is 0.494. The maximum Gasteiger partial charge on any atom is 0.197 e. The molecule has 2 heterocycles. The average Bonchev–Trinajstić information content (AvgIpc) is 3.08. The van der Waals surface area contributed by atoms with Crippen molar-refractivity contribution in [1.29, 1.82) is 0 Å². The van der Waals surface area contributed by atoms with E-state index in [0.717, 1.165) is 70.9 Å². The van der Waals surface area contributed by atoms with Gasteiger partial charge in [0.2, 0.25) is 0 Å². The molecule has 0 atom stereocenters. The summed E-state index contributed by atoms with van der Waals surface area (Å²) in [5.41, 5.74) is 5.19. The molecule has 0 bridgehead atoms. The number of aryl methyl sites for hydroxylation is 2. The smallest absolute Gasteiger partial charge is 0.197 e. The van der Waals surface area contributed by atoms with Gasteiger partial charge in [-0.1, -0.05) is 31.5 Å². The van der Waals surface area contributed by atoms with Crippen molar-refractivity contribution in [2.45, 2.75) is 33.6 Å². The first-order valence-electron chi connectivity index (χ1n) is 9.51. The normalized spacial score (nSPS) is 12.2. The molecule has 26 heavy (non-hydrogen) atoms. The number of benzene rings is 2. The summed E-state index contributed by atoms with van der Waals surface area (Å²) in [6.45, 7) is 9.62. The molecule has 4 heteroatoms. The highest BCUT2D eigenvalue weighted by molar-refractivity contribution is 6.02. The Kier molecular flexibility index (Phi) is 4.37. The monoisotopic (exact) mass is 347 g/mol. The molecule has 0 spiro atoms. The van der Waals surface area contributed by atoms with Crippen molar-refractivity contribution >= 4 is 27.3 Å². The second-order valence-electron chi connectivity index (χ2n) is 7.06. The standard InChI is InChI=1S/C22H25N3O/c1-4-24(5-2)12-6-7-16-9-10-18-21-20(16)22(26)17-13-15(3)8-11-19(17)25(21)14-23-18/h8-11,13-14H,4-7,12H2,1-3H3. The molecule has 0 saturated heterocycles. The minimum Gasteiger partial charge on any atom is -0.304 e. The van der Waals surface area contributed by atoms with Gasteiger partial charge in [-0.15, -0.1) is 0 Å². The summed E-state index contributed by atoms with van der Waals surface area (Å²) in [6.07, 6.45) is 3.82. The third-order valence-corrected chi connectivity index (χ3v) is 5.49. The van der Waals surface area contributed by atoms with E-state index in [0.29, 0.717) is 0 Å². The van der Waals surface area contributed by atoms with Crippen LogP contribution in [0.3, 0.4) is 0 Å².